The molecular weight excluding hydrogens is 530 g/mol. The van der Waals surface area contributed by atoms with Crippen molar-refractivity contribution in [2.75, 3.05) is 17.7 Å². The minimum atomic E-state index is -0.852. The predicted molar refractivity (Wildman–Crippen MR) is 152 cm³/mol. The van der Waals surface area contributed by atoms with Gasteiger partial charge in [0.25, 0.3) is 11.8 Å². The first-order chi connectivity index (χ1) is 19.3. The second-order valence-electron chi connectivity index (χ2n) is 9.36. The summed E-state index contributed by atoms with van der Waals surface area (Å²) < 4.78 is 5.53. The summed E-state index contributed by atoms with van der Waals surface area (Å²) in [5.74, 6) is -0.337. The summed E-state index contributed by atoms with van der Waals surface area (Å²) in [5.41, 5.74) is 3.30. The van der Waals surface area contributed by atoms with Crippen LogP contribution in [0.15, 0.2) is 79.1 Å². The molecule has 0 saturated heterocycles. The van der Waals surface area contributed by atoms with E-state index in [9.17, 15) is 14.4 Å². The molecule has 3 heterocycles. The molecule has 0 radical (unpaired) electrons. The number of anilines is 2. The Morgan fingerprint density at radius 3 is 2.65 bits per heavy atom. The Bertz CT molecular complexity index is 1580. The molecule has 2 N–H and O–H groups in total. The first-order valence-corrected chi connectivity index (χ1v) is 12.9. The summed E-state index contributed by atoms with van der Waals surface area (Å²) in [7, 11) is 1.47. The Morgan fingerprint density at radius 1 is 1.07 bits per heavy atom. The average molecular weight is 556 g/mol. The van der Waals surface area contributed by atoms with Crippen LogP contribution in [0.25, 0.3) is 0 Å². The third-order valence-electron chi connectivity index (χ3n) is 6.55. The second-order valence-corrected chi connectivity index (χ2v) is 9.80. The Kier molecular flexibility index (Phi) is 7.75. The van der Waals surface area contributed by atoms with Gasteiger partial charge in [0, 0.05) is 36.1 Å². The van der Waals surface area contributed by atoms with Gasteiger partial charge >= 0.3 is 0 Å². The quantitative estimate of drug-likeness (QED) is 0.335. The highest BCUT2D eigenvalue weighted by Gasteiger charge is 2.36. The zero-order valence-electron chi connectivity index (χ0n) is 21.8. The number of amides is 3. The fourth-order valence-electron chi connectivity index (χ4n) is 4.51. The number of nitrogens with one attached hydrogen (secondary N) is 2. The Labute approximate surface area is 236 Å². The third kappa shape index (κ3) is 5.79. The predicted octanol–water partition coefficient (Wildman–Crippen LogP) is 4.91. The molecule has 0 bridgehead atoms. The molecule has 2 aromatic carbocycles. The number of aryl methyl sites for hydroxylation is 1. The molecule has 0 saturated carbocycles. The van der Waals surface area contributed by atoms with E-state index in [1.807, 2.05) is 25.1 Å². The zero-order valence-corrected chi connectivity index (χ0v) is 22.6. The molecule has 202 valence electrons. The highest BCUT2D eigenvalue weighted by molar-refractivity contribution is 6.31. The van der Waals surface area contributed by atoms with Crippen LogP contribution in [0.2, 0.25) is 5.02 Å². The molecule has 1 aliphatic rings. The van der Waals surface area contributed by atoms with E-state index in [0.29, 0.717) is 44.7 Å². The van der Waals surface area contributed by atoms with Crippen molar-refractivity contribution in [1.82, 2.24) is 14.9 Å². The van der Waals surface area contributed by atoms with Crippen LogP contribution in [0.4, 0.5) is 11.5 Å². The van der Waals surface area contributed by atoms with Gasteiger partial charge in [-0.2, -0.15) is 0 Å². The van der Waals surface area contributed by atoms with E-state index in [4.69, 9.17) is 16.3 Å². The van der Waals surface area contributed by atoms with Crippen molar-refractivity contribution >= 4 is 40.8 Å². The zero-order chi connectivity index (χ0) is 28.2. The monoisotopic (exact) mass is 555 g/mol. The lowest BCUT2D eigenvalue weighted by Crippen LogP contribution is -2.46. The van der Waals surface area contributed by atoms with Crippen LogP contribution in [0.5, 0.6) is 5.75 Å². The maximum Gasteiger partial charge on any atom is 0.260 e. The number of benzene rings is 2. The number of carbonyl (C=O) groups is 3. The first-order valence-electron chi connectivity index (χ1n) is 12.5. The van der Waals surface area contributed by atoms with E-state index in [-0.39, 0.29) is 30.7 Å². The molecule has 10 heteroatoms. The van der Waals surface area contributed by atoms with Crippen molar-refractivity contribution in [2.45, 2.75) is 25.9 Å². The van der Waals surface area contributed by atoms with E-state index < -0.39 is 6.04 Å². The highest BCUT2D eigenvalue weighted by Crippen LogP contribution is 2.30. The third-order valence-corrected chi connectivity index (χ3v) is 6.79. The van der Waals surface area contributed by atoms with Crippen LogP contribution in [-0.2, 0) is 17.8 Å². The summed E-state index contributed by atoms with van der Waals surface area (Å²) >= 11 is 6.15. The summed E-state index contributed by atoms with van der Waals surface area (Å²) in [5, 5.41) is 6.03. The molecule has 40 heavy (non-hydrogen) atoms. The number of fused-ring (bicyclic) bond motifs is 1. The molecule has 2 aromatic heterocycles. The molecule has 1 atom stereocenters. The normalized spacial score (nSPS) is 14.7. The van der Waals surface area contributed by atoms with Gasteiger partial charge in [-0.05, 0) is 66.6 Å². The standard InChI is InChI=1S/C30H26ClN5O4/c1-18-6-11-27(33-16-18)35-28(37)23-9-7-19(13-26(23)40-2)17-36-25(15-21-5-3-4-12-32-21)29(38)34-24-14-20(31)8-10-22(24)30(36)39/h3-14,16,25H,15,17H2,1-2H3,(H,34,38)(H,33,35,37)/t25-/m1/s1. The van der Waals surface area contributed by atoms with E-state index >= 15 is 0 Å². The summed E-state index contributed by atoms with van der Waals surface area (Å²) in [4.78, 5) is 50.3. The number of hydrogen-bond acceptors (Lipinski definition) is 6. The van der Waals surface area contributed by atoms with E-state index in [1.165, 1.54) is 12.0 Å². The Hall–Kier alpha value is -4.76. The number of nitrogens with zero attached hydrogens (tertiary/aromatic N) is 3. The van der Waals surface area contributed by atoms with Gasteiger partial charge in [-0.3, -0.25) is 19.4 Å². The molecule has 0 aliphatic carbocycles. The smallest absolute Gasteiger partial charge is 0.260 e. The molecule has 3 amide bonds. The van der Waals surface area contributed by atoms with Crippen molar-refractivity contribution in [1.29, 1.82) is 0 Å². The van der Waals surface area contributed by atoms with Crippen molar-refractivity contribution in [2.24, 2.45) is 0 Å². The van der Waals surface area contributed by atoms with Crippen LogP contribution in [0.1, 0.15) is 37.5 Å². The number of halogens is 1. The highest BCUT2D eigenvalue weighted by atomic mass is 35.5. The van der Waals surface area contributed by atoms with Crippen LogP contribution in [-0.4, -0.2) is 45.7 Å². The minimum absolute atomic E-state index is 0.0869. The number of hydrogen-bond donors (Lipinski definition) is 2. The fourth-order valence-corrected chi connectivity index (χ4v) is 4.68. The molecule has 5 rings (SSSR count). The molecule has 9 nitrogen and oxygen atoms in total. The van der Waals surface area contributed by atoms with Gasteiger partial charge in [-0.25, -0.2) is 4.98 Å². The summed E-state index contributed by atoms with van der Waals surface area (Å²) in [6.45, 7) is 2.00. The molecule has 0 spiro atoms. The lowest BCUT2D eigenvalue weighted by molar-refractivity contribution is -0.120. The van der Waals surface area contributed by atoms with Gasteiger partial charge in [-0.1, -0.05) is 29.8 Å². The maximum atomic E-state index is 13.8. The lowest BCUT2D eigenvalue weighted by atomic mass is 10.0. The number of ether oxygens (including phenoxy) is 1. The SMILES string of the molecule is COc1cc(CN2C(=O)c3ccc(Cl)cc3NC(=O)[C@H]2Cc2ccccn2)ccc1C(=O)Nc1ccc(C)cn1. The van der Waals surface area contributed by atoms with Crippen LogP contribution >= 0.6 is 11.6 Å². The number of aromatic nitrogens is 2. The van der Waals surface area contributed by atoms with E-state index in [0.717, 1.165) is 5.56 Å². The first kappa shape index (κ1) is 26.8. The van der Waals surface area contributed by atoms with Gasteiger partial charge in [0.1, 0.15) is 17.6 Å². The maximum absolute atomic E-state index is 13.8. The second kappa shape index (κ2) is 11.5. The number of rotatable bonds is 7. The van der Waals surface area contributed by atoms with Crippen molar-refractivity contribution in [3.8, 4) is 5.75 Å². The van der Waals surface area contributed by atoms with Gasteiger partial charge < -0.3 is 20.3 Å². The van der Waals surface area contributed by atoms with E-state index in [1.54, 1.807) is 60.9 Å². The van der Waals surface area contributed by atoms with Crippen molar-refractivity contribution < 1.29 is 19.1 Å². The van der Waals surface area contributed by atoms with Crippen LogP contribution in [0, 0.1) is 6.92 Å². The largest absolute Gasteiger partial charge is 0.496 e. The van der Waals surface area contributed by atoms with Gasteiger partial charge in [0.2, 0.25) is 5.91 Å². The molecule has 0 fully saturated rings. The lowest BCUT2D eigenvalue weighted by Gasteiger charge is -2.29. The Morgan fingerprint density at radius 2 is 1.93 bits per heavy atom. The number of pyridine rings is 2. The molecular formula is C30H26ClN5O4. The minimum Gasteiger partial charge on any atom is -0.496 e. The summed E-state index contributed by atoms with van der Waals surface area (Å²) in [6, 6.07) is 18.0. The van der Waals surface area contributed by atoms with Gasteiger partial charge in [0.05, 0.1) is 23.9 Å². The summed E-state index contributed by atoms with van der Waals surface area (Å²) in [6.07, 6.45) is 3.52. The average Bonchev–Trinajstić information content (AvgIpc) is 3.04. The van der Waals surface area contributed by atoms with Crippen LogP contribution < -0.4 is 15.4 Å². The number of methoxy groups -OCH3 is 1. The molecule has 4 aromatic rings. The van der Waals surface area contributed by atoms with Gasteiger partial charge in [0.15, 0.2) is 0 Å². The van der Waals surface area contributed by atoms with Crippen molar-refractivity contribution in [3.05, 3.63) is 112 Å². The van der Waals surface area contributed by atoms with E-state index in [2.05, 4.69) is 20.6 Å². The molecule has 0 unspecified atom stereocenters. The van der Waals surface area contributed by atoms with Gasteiger partial charge in [-0.15, -0.1) is 0 Å². The topological polar surface area (TPSA) is 114 Å². The van der Waals surface area contributed by atoms with Crippen LogP contribution in [0.3, 0.4) is 0 Å². The van der Waals surface area contributed by atoms with Crippen molar-refractivity contribution in [3.63, 3.8) is 0 Å². The fraction of sp³-hybridized carbons (Fsp3) is 0.167. The number of carbonyl (C=O) groups excluding carboxylic acids is 3. The molecule has 1 aliphatic heterocycles. The Balaban J connectivity index is 1.46.